The fraction of sp³-hybridized carbons (Fsp3) is 0.733. The van der Waals surface area contributed by atoms with E-state index in [2.05, 4.69) is 27.2 Å². The van der Waals surface area contributed by atoms with Gasteiger partial charge in [-0.2, -0.15) is 0 Å². The van der Waals surface area contributed by atoms with Crippen LogP contribution in [0.3, 0.4) is 0 Å². The van der Waals surface area contributed by atoms with Crippen molar-refractivity contribution in [1.29, 1.82) is 0 Å². The van der Waals surface area contributed by atoms with Gasteiger partial charge in [0, 0.05) is 18.1 Å². The van der Waals surface area contributed by atoms with Crippen molar-refractivity contribution >= 4 is 5.82 Å². The molecule has 0 aromatic carbocycles. The maximum Gasteiger partial charge on any atom is 0.145 e. The molecule has 3 heterocycles. The fourth-order valence-electron chi connectivity index (χ4n) is 3.55. The lowest BCUT2D eigenvalue weighted by Gasteiger charge is -2.47. The van der Waals surface area contributed by atoms with Crippen molar-refractivity contribution in [2.75, 3.05) is 12.4 Å². The maximum atomic E-state index is 4.59. The molecule has 4 nitrogen and oxygen atoms in total. The van der Waals surface area contributed by atoms with E-state index in [4.69, 9.17) is 0 Å². The summed E-state index contributed by atoms with van der Waals surface area (Å²) in [5.41, 5.74) is 2.05. The van der Waals surface area contributed by atoms with Gasteiger partial charge in [-0.25, -0.2) is 4.98 Å². The number of aromatic nitrogens is 2. The Hall–Kier alpha value is -1.16. The summed E-state index contributed by atoms with van der Waals surface area (Å²) in [4.78, 5) is 11.6. The van der Waals surface area contributed by atoms with Crippen LogP contribution in [0, 0.1) is 13.8 Å². The zero-order chi connectivity index (χ0) is 13.4. The number of aryl methyl sites for hydroxylation is 2. The molecule has 1 aromatic rings. The lowest BCUT2D eigenvalue weighted by Crippen LogP contribution is -2.52. The smallest absolute Gasteiger partial charge is 0.145 e. The van der Waals surface area contributed by atoms with Crippen molar-refractivity contribution in [1.82, 2.24) is 14.9 Å². The highest BCUT2D eigenvalue weighted by Gasteiger charge is 2.35. The van der Waals surface area contributed by atoms with Gasteiger partial charge in [-0.05, 0) is 46.6 Å². The minimum Gasteiger partial charge on any atom is -0.366 e. The molecule has 2 saturated heterocycles. The number of hydrogen-bond acceptors (Lipinski definition) is 4. The van der Waals surface area contributed by atoms with Crippen LogP contribution in [0.1, 0.15) is 43.5 Å². The highest BCUT2D eigenvalue weighted by Crippen LogP contribution is 2.33. The fourth-order valence-corrected chi connectivity index (χ4v) is 3.55. The van der Waals surface area contributed by atoms with Gasteiger partial charge < -0.3 is 10.2 Å². The molecule has 0 aliphatic carbocycles. The first-order valence-electron chi connectivity index (χ1n) is 7.42. The summed E-state index contributed by atoms with van der Waals surface area (Å²) in [5.74, 6) is 0.940. The van der Waals surface area contributed by atoms with Gasteiger partial charge in [-0.1, -0.05) is 6.42 Å². The summed E-state index contributed by atoms with van der Waals surface area (Å²) in [6.45, 7) is 4.03. The third-order valence-electron chi connectivity index (χ3n) is 4.88. The topological polar surface area (TPSA) is 41.1 Å². The Morgan fingerprint density at radius 1 is 1.16 bits per heavy atom. The van der Waals surface area contributed by atoms with Crippen LogP contribution in [0.5, 0.6) is 0 Å². The van der Waals surface area contributed by atoms with Crippen molar-refractivity contribution in [2.45, 2.75) is 64.1 Å². The van der Waals surface area contributed by atoms with Crippen molar-refractivity contribution in [3.8, 4) is 0 Å². The summed E-state index contributed by atoms with van der Waals surface area (Å²) >= 11 is 0. The van der Waals surface area contributed by atoms with Crippen molar-refractivity contribution < 1.29 is 0 Å². The number of anilines is 1. The Morgan fingerprint density at radius 2 is 1.84 bits per heavy atom. The molecule has 2 atom stereocenters. The number of piperidine rings is 2. The minimum atomic E-state index is 0.558. The second-order valence-corrected chi connectivity index (χ2v) is 6.14. The van der Waals surface area contributed by atoms with Crippen LogP contribution in [0.15, 0.2) is 6.20 Å². The highest BCUT2D eigenvalue weighted by molar-refractivity contribution is 5.35. The molecular weight excluding hydrogens is 236 g/mol. The van der Waals surface area contributed by atoms with Crippen LogP contribution in [-0.4, -0.2) is 40.0 Å². The van der Waals surface area contributed by atoms with Crippen molar-refractivity contribution in [3.05, 3.63) is 17.6 Å². The molecule has 0 spiro atoms. The van der Waals surface area contributed by atoms with E-state index >= 15 is 0 Å². The molecular formula is C15H24N4. The standard InChI is InChI=1S/C15H24N4/c1-10-11(2)17-15(9-16-10)18-12-7-13-5-4-6-14(8-12)19(13)3/h9,12-14H,4-8H2,1-3H3,(H,17,18). The molecule has 1 aromatic heterocycles. The van der Waals surface area contributed by atoms with E-state index in [9.17, 15) is 0 Å². The first kappa shape index (κ1) is 12.9. The number of nitrogens with zero attached hydrogens (tertiary/aromatic N) is 3. The zero-order valence-electron chi connectivity index (χ0n) is 12.2. The zero-order valence-corrected chi connectivity index (χ0v) is 12.2. The largest absolute Gasteiger partial charge is 0.366 e. The summed E-state index contributed by atoms with van der Waals surface area (Å²) < 4.78 is 0. The molecule has 0 radical (unpaired) electrons. The molecule has 2 aliphatic rings. The average Bonchev–Trinajstić information content (AvgIpc) is 2.35. The van der Waals surface area contributed by atoms with Crippen LogP contribution in [0.25, 0.3) is 0 Å². The molecule has 4 heteroatoms. The average molecular weight is 260 g/mol. The third kappa shape index (κ3) is 2.59. The van der Waals surface area contributed by atoms with Gasteiger partial charge in [-0.15, -0.1) is 0 Å². The Balaban J connectivity index is 1.69. The molecule has 19 heavy (non-hydrogen) atoms. The van der Waals surface area contributed by atoms with Gasteiger partial charge in [-0.3, -0.25) is 4.98 Å². The van der Waals surface area contributed by atoms with Crippen LogP contribution in [-0.2, 0) is 0 Å². The van der Waals surface area contributed by atoms with Gasteiger partial charge in [0.25, 0.3) is 0 Å². The second kappa shape index (κ2) is 5.08. The second-order valence-electron chi connectivity index (χ2n) is 6.14. The predicted molar refractivity (Wildman–Crippen MR) is 77.3 cm³/mol. The van der Waals surface area contributed by atoms with Crippen LogP contribution in [0.4, 0.5) is 5.82 Å². The number of fused-ring (bicyclic) bond motifs is 2. The van der Waals surface area contributed by atoms with Gasteiger partial charge in [0.05, 0.1) is 17.6 Å². The van der Waals surface area contributed by atoms with Gasteiger partial charge in [0.15, 0.2) is 0 Å². The number of hydrogen-bond donors (Lipinski definition) is 1. The van der Waals surface area contributed by atoms with Crippen LogP contribution >= 0.6 is 0 Å². The normalized spacial score (nSPS) is 31.2. The monoisotopic (exact) mass is 260 g/mol. The van der Waals surface area contributed by atoms with Crippen molar-refractivity contribution in [2.24, 2.45) is 0 Å². The van der Waals surface area contributed by atoms with E-state index in [1.807, 2.05) is 20.0 Å². The summed E-state index contributed by atoms with van der Waals surface area (Å²) in [6.07, 6.45) is 8.45. The predicted octanol–water partition coefficient (Wildman–Crippen LogP) is 2.52. The number of rotatable bonds is 2. The molecule has 3 rings (SSSR count). The van der Waals surface area contributed by atoms with Crippen LogP contribution < -0.4 is 5.32 Å². The van der Waals surface area contributed by atoms with Gasteiger partial charge in [0.2, 0.25) is 0 Å². The Bertz CT molecular complexity index is 445. The lowest BCUT2D eigenvalue weighted by molar-refractivity contribution is 0.0608. The SMILES string of the molecule is Cc1ncc(NC2CC3CCCC(C2)N3C)nc1C. The minimum absolute atomic E-state index is 0.558. The van der Waals surface area contributed by atoms with E-state index < -0.39 is 0 Å². The van der Waals surface area contributed by atoms with Crippen molar-refractivity contribution in [3.63, 3.8) is 0 Å². The summed E-state index contributed by atoms with van der Waals surface area (Å²) in [7, 11) is 2.29. The van der Waals surface area contributed by atoms with E-state index in [1.165, 1.54) is 32.1 Å². The first-order chi connectivity index (χ1) is 9.13. The quantitative estimate of drug-likeness (QED) is 0.887. The molecule has 2 aliphatic heterocycles. The molecule has 2 fully saturated rings. The summed E-state index contributed by atoms with van der Waals surface area (Å²) in [5, 5.41) is 3.60. The van der Waals surface area contributed by atoms with E-state index in [0.29, 0.717) is 6.04 Å². The molecule has 1 N–H and O–H groups in total. The van der Waals surface area contributed by atoms with Crippen LogP contribution in [0.2, 0.25) is 0 Å². The molecule has 0 saturated carbocycles. The molecule has 2 unspecified atom stereocenters. The highest BCUT2D eigenvalue weighted by atomic mass is 15.2. The summed E-state index contributed by atoms with van der Waals surface area (Å²) in [6, 6.07) is 2.07. The Labute approximate surface area is 115 Å². The lowest BCUT2D eigenvalue weighted by atomic mass is 9.82. The van der Waals surface area contributed by atoms with E-state index in [-0.39, 0.29) is 0 Å². The molecule has 2 bridgehead atoms. The van der Waals surface area contributed by atoms with Gasteiger partial charge >= 0.3 is 0 Å². The van der Waals surface area contributed by atoms with Gasteiger partial charge in [0.1, 0.15) is 5.82 Å². The Kier molecular flexibility index (Phi) is 3.44. The maximum absolute atomic E-state index is 4.59. The van der Waals surface area contributed by atoms with E-state index in [0.717, 1.165) is 29.3 Å². The Morgan fingerprint density at radius 3 is 2.47 bits per heavy atom. The molecule has 104 valence electrons. The first-order valence-corrected chi connectivity index (χ1v) is 7.42. The third-order valence-corrected chi connectivity index (χ3v) is 4.88. The number of nitrogens with one attached hydrogen (secondary N) is 1. The molecule has 0 amide bonds. The van der Waals surface area contributed by atoms with E-state index in [1.54, 1.807) is 0 Å².